The fourth-order valence-electron chi connectivity index (χ4n) is 3.65. The first-order chi connectivity index (χ1) is 9.62. The van der Waals surface area contributed by atoms with Crippen molar-refractivity contribution in [3.8, 4) is 0 Å². The van der Waals surface area contributed by atoms with Gasteiger partial charge in [-0.15, -0.1) is 0 Å². The summed E-state index contributed by atoms with van der Waals surface area (Å²) in [5, 5.41) is 0. The molecule has 4 nitrogen and oxygen atoms in total. The van der Waals surface area contributed by atoms with E-state index in [1.54, 1.807) is 0 Å². The molecule has 2 N–H and O–H groups in total. The fourth-order valence-corrected chi connectivity index (χ4v) is 3.65. The molecule has 1 spiro atoms. The molecule has 1 fully saturated rings. The zero-order valence-corrected chi connectivity index (χ0v) is 12.4. The Bertz CT molecular complexity index is 486. The number of para-hydroxylation sites is 1. The van der Waals surface area contributed by atoms with Crippen LogP contribution < -0.4 is 10.6 Å². The van der Waals surface area contributed by atoms with Crippen molar-refractivity contribution in [2.24, 2.45) is 10.7 Å². The second kappa shape index (κ2) is 5.00. The van der Waals surface area contributed by atoms with E-state index in [1.165, 1.54) is 5.69 Å². The van der Waals surface area contributed by atoms with Gasteiger partial charge in [0.05, 0.1) is 12.1 Å². The van der Waals surface area contributed by atoms with Crippen molar-refractivity contribution in [3.63, 3.8) is 0 Å². The van der Waals surface area contributed by atoms with Crippen LogP contribution in [0.3, 0.4) is 0 Å². The summed E-state index contributed by atoms with van der Waals surface area (Å²) in [7, 11) is 0. The molecule has 20 heavy (non-hydrogen) atoms. The average Bonchev–Trinajstić information content (AvgIpc) is 2.77. The van der Waals surface area contributed by atoms with Crippen molar-refractivity contribution in [2.75, 3.05) is 24.5 Å². The van der Waals surface area contributed by atoms with Crippen LogP contribution in [0.25, 0.3) is 0 Å². The Balaban J connectivity index is 1.72. The van der Waals surface area contributed by atoms with Gasteiger partial charge in [-0.3, -0.25) is 4.99 Å². The van der Waals surface area contributed by atoms with E-state index >= 15 is 0 Å². The van der Waals surface area contributed by atoms with Crippen LogP contribution in [0.4, 0.5) is 5.69 Å². The highest BCUT2D eigenvalue weighted by atomic mass is 15.4. The number of hydrogen-bond acceptors (Lipinski definition) is 4. The van der Waals surface area contributed by atoms with Crippen LogP contribution in [0.2, 0.25) is 0 Å². The number of aliphatic imine (C=N–C) groups is 1. The van der Waals surface area contributed by atoms with Gasteiger partial charge in [0.25, 0.3) is 0 Å². The highest BCUT2D eigenvalue weighted by Crippen LogP contribution is 2.35. The van der Waals surface area contributed by atoms with Crippen LogP contribution in [-0.2, 0) is 0 Å². The van der Waals surface area contributed by atoms with Crippen molar-refractivity contribution in [1.29, 1.82) is 0 Å². The highest BCUT2D eigenvalue weighted by Gasteiger charge is 2.45. The molecule has 0 unspecified atom stereocenters. The lowest BCUT2D eigenvalue weighted by Gasteiger charge is -2.47. The van der Waals surface area contributed by atoms with Gasteiger partial charge in [-0.25, -0.2) is 0 Å². The second-order valence-corrected chi connectivity index (χ2v) is 6.19. The summed E-state index contributed by atoms with van der Waals surface area (Å²) in [4.78, 5) is 9.33. The molecule has 0 radical (unpaired) electrons. The smallest absolute Gasteiger partial charge is 0.192 e. The molecule has 4 heteroatoms. The van der Waals surface area contributed by atoms with Crippen LogP contribution in [0, 0.1) is 0 Å². The third-order valence-corrected chi connectivity index (χ3v) is 4.63. The van der Waals surface area contributed by atoms with Gasteiger partial charge in [0.15, 0.2) is 5.96 Å². The monoisotopic (exact) mass is 272 g/mol. The number of nitrogens with zero attached hydrogens (tertiary/aromatic N) is 3. The van der Waals surface area contributed by atoms with Gasteiger partial charge < -0.3 is 15.5 Å². The van der Waals surface area contributed by atoms with Crippen LogP contribution in [0.1, 0.15) is 26.7 Å². The van der Waals surface area contributed by atoms with E-state index in [4.69, 9.17) is 5.73 Å². The van der Waals surface area contributed by atoms with Gasteiger partial charge >= 0.3 is 0 Å². The maximum absolute atomic E-state index is 6.09. The number of anilines is 1. The molecule has 2 aliphatic heterocycles. The molecule has 0 bridgehead atoms. The van der Waals surface area contributed by atoms with Crippen LogP contribution in [-0.4, -0.2) is 42.1 Å². The van der Waals surface area contributed by atoms with Crippen molar-refractivity contribution in [3.05, 3.63) is 30.3 Å². The predicted molar refractivity (Wildman–Crippen MR) is 84.1 cm³/mol. The van der Waals surface area contributed by atoms with E-state index in [-0.39, 0.29) is 5.54 Å². The molecular formula is C16H24N4. The maximum atomic E-state index is 6.09. The van der Waals surface area contributed by atoms with E-state index in [0.717, 1.165) is 38.4 Å². The topological polar surface area (TPSA) is 44.9 Å². The summed E-state index contributed by atoms with van der Waals surface area (Å²) in [5.41, 5.74) is 7.57. The number of nitrogens with two attached hydrogens (primary N) is 1. The largest absolute Gasteiger partial charge is 0.371 e. The van der Waals surface area contributed by atoms with Crippen molar-refractivity contribution < 1.29 is 0 Å². The van der Waals surface area contributed by atoms with Crippen LogP contribution in [0.5, 0.6) is 0 Å². The van der Waals surface area contributed by atoms with E-state index in [0.29, 0.717) is 6.04 Å². The molecule has 0 amide bonds. The second-order valence-electron chi connectivity index (χ2n) is 6.19. The lowest BCUT2D eigenvalue weighted by molar-refractivity contribution is 0.131. The van der Waals surface area contributed by atoms with Gasteiger partial charge in [-0.1, -0.05) is 18.2 Å². The average molecular weight is 272 g/mol. The molecule has 1 saturated heterocycles. The van der Waals surface area contributed by atoms with Gasteiger partial charge in [0.2, 0.25) is 0 Å². The third-order valence-electron chi connectivity index (χ3n) is 4.63. The summed E-state index contributed by atoms with van der Waals surface area (Å²) < 4.78 is 0. The maximum Gasteiger partial charge on any atom is 0.192 e. The Morgan fingerprint density at radius 2 is 1.80 bits per heavy atom. The zero-order valence-electron chi connectivity index (χ0n) is 12.4. The molecule has 1 aromatic rings. The van der Waals surface area contributed by atoms with E-state index in [9.17, 15) is 0 Å². The van der Waals surface area contributed by atoms with Crippen molar-refractivity contribution >= 4 is 11.6 Å². The van der Waals surface area contributed by atoms with Crippen LogP contribution in [0.15, 0.2) is 35.3 Å². The lowest BCUT2D eigenvalue weighted by atomic mass is 9.85. The molecule has 108 valence electrons. The van der Waals surface area contributed by atoms with Crippen molar-refractivity contribution in [2.45, 2.75) is 38.3 Å². The first kappa shape index (κ1) is 13.3. The number of piperidine rings is 1. The number of guanidine groups is 1. The minimum Gasteiger partial charge on any atom is -0.371 e. The predicted octanol–water partition coefficient (Wildman–Crippen LogP) is 2.06. The Labute approximate surface area is 121 Å². The van der Waals surface area contributed by atoms with Gasteiger partial charge in [0, 0.05) is 24.8 Å². The summed E-state index contributed by atoms with van der Waals surface area (Å²) in [6.07, 6.45) is 2.26. The molecular weight excluding hydrogens is 248 g/mol. The quantitative estimate of drug-likeness (QED) is 0.896. The standard InChI is InChI=1S/C16H24N4/c1-13(2)20-15(17)18-12-16(20)8-10-19(11-9-16)14-6-4-3-5-7-14/h3-7,13H,8-12H2,1-2H3,(H2,17,18). The lowest BCUT2D eigenvalue weighted by Crippen LogP contribution is -2.59. The minimum absolute atomic E-state index is 0.156. The normalized spacial score (nSPS) is 21.6. The molecule has 0 saturated carbocycles. The Hall–Kier alpha value is -1.71. The summed E-state index contributed by atoms with van der Waals surface area (Å²) in [6.45, 7) is 7.43. The first-order valence-electron chi connectivity index (χ1n) is 7.52. The highest BCUT2D eigenvalue weighted by molar-refractivity contribution is 5.81. The molecule has 2 aliphatic rings. The van der Waals surface area contributed by atoms with E-state index in [1.807, 2.05) is 0 Å². The molecule has 0 aliphatic carbocycles. The molecule has 3 rings (SSSR count). The van der Waals surface area contributed by atoms with Crippen LogP contribution >= 0.6 is 0 Å². The summed E-state index contributed by atoms with van der Waals surface area (Å²) in [5.74, 6) is 0.730. The first-order valence-corrected chi connectivity index (χ1v) is 7.52. The molecule has 0 aromatic heterocycles. The van der Waals surface area contributed by atoms with Crippen molar-refractivity contribution in [1.82, 2.24) is 4.90 Å². The minimum atomic E-state index is 0.156. The Morgan fingerprint density at radius 1 is 1.15 bits per heavy atom. The van der Waals surface area contributed by atoms with Gasteiger partial charge in [0.1, 0.15) is 0 Å². The van der Waals surface area contributed by atoms with E-state index < -0.39 is 0 Å². The summed E-state index contributed by atoms with van der Waals surface area (Å²) in [6, 6.07) is 11.1. The Kier molecular flexibility index (Phi) is 3.32. The molecule has 0 atom stereocenters. The number of benzene rings is 1. The SMILES string of the molecule is CC(C)N1C(N)=NCC12CCN(c1ccccc1)CC2. The fraction of sp³-hybridized carbons (Fsp3) is 0.562. The number of hydrogen-bond donors (Lipinski definition) is 1. The Morgan fingerprint density at radius 3 is 2.40 bits per heavy atom. The van der Waals surface area contributed by atoms with E-state index in [2.05, 4.69) is 59.0 Å². The molecule has 2 heterocycles. The molecule has 1 aromatic carbocycles. The number of rotatable bonds is 2. The zero-order chi connectivity index (χ0) is 14.2. The van der Waals surface area contributed by atoms with Gasteiger partial charge in [-0.05, 0) is 38.8 Å². The summed E-state index contributed by atoms with van der Waals surface area (Å²) >= 11 is 0. The third kappa shape index (κ3) is 2.13. The van der Waals surface area contributed by atoms with Gasteiger partial charge in [-0.2, -0.15) is 0 Å².